The fourth-order valence-electron chi connectivity index (χ4n) is 1.20. The molecule has 1 amide bonds. The second-order valence-electron chi connectivity index (χ2n) is 3.62. The first-order valence-corrected chi connectivity index (χ1v) is 7.55. The third-order valence-electron chi connectivity index (χ3n) is 1.87. The number of hydrogen-bond acceptors (Lipinski definition) is 4. The highest BCUT2D eigenvalue weighted by Crippen LogP contribution is 2.21. The van der Waals surface area contributed by atoms with Crippen molar-refractivity contribution in [1.82, 2.24) is 0 Å². The smallest absolute Gasteiger partial charge is 0.336 e. The molecule has 0 unspecified atom stereocenters. The van der Waals surface area contributed by atoms with E-state index in [0.717, 1.165) is 6.26 Å². The molecule has 1 aromatic rings. The molecule has 1 aromatic carbocycles. The average Bonchev–Trinajstić information content (AvgIpc) is 2.17. The average molecular weight is 336 g/mol. The molecule has 0 aromatic heterocycles. The van der Waals surface area contributed by atoms with E-state index in [0.29, 0.717) is 4.47 Å². The van der Waals surface area contributed by atoms with E-state index in [1.165, 1.54) is 18.2 Å². The van der Waals surface area contributed by atoms with Gasteiger partial charge in [0.05, 0.1) is 5.56 Å². The lowest BCUT2D eigenvalue weighted by Gasteiger charge is -2.06. The maximum Gasteiger partial charge on any atom is 0.336 e. The summed E-state index contributed by atoms with van der Waals surface area (Å²) in [5.74, 6) is -2.51. The Hall–Kier alpha value is -1.41. The van der Waals surface area contributed by atoms with Gasteiger partial charge >= 0.3 is 5.97 Å². The van der Waals surface area contributed by atoms with Crippen molar-refractivity contribution in [2.75, 3.05) is 17.3 Å². The fourth-order valence-corrected chi connectivity index (χ4v) is 2.17. The topological polar surface area (TPSA) is 101 Å². The van der Waals surface area contributed by atoms with Crippen molar-refractivity contribution < 1.29 is 23.1 Å². The zero-order chi connectivity index (χ0) is 13.9. The Morgan fingerprint density at radius 1 is 1.39 bits per heavy atom. The monoisotopic (exact) mass is 335 g/mol. The first kappa shape index (κ1) is 14.7. The van der Waals surface area contributed by atoms with Gasteiger partial charge in [-0.05, 0) is 34.1 Å². The van der Waals surface area contributed by atoms with Crippen LogP contribution in [0.5, 0.6) is 0 Å². The molecule has 2 N–H and O–H groups in total. The van der Waals surface area contributed by atoms with Crippen LogP contribution in [0.3, 0.4) is 0 Å². The predicted molar refractivity (Wildman–Crippen MR) is 69.4 cm³/mol. The molecule has 0 fully saturated rings. The summed E-state index contributed by atoms with van der Waals surface area (Å²) in [7, 11) is -3.42. The van der Waals surface area contributed by atoms with Crippen LogP contribution in [-0.4, -0.2) is 37.4 Å². The lowest BCUT2D eigenvalue weighted by atomic mass is 10.2. The number of amides is 1. The van der Waals surface area contributed by atoms with Crippen molar-refractivity contribution >= 4 is 43.3 Å². The molecule has 6 nitrogen and oxygen atoms in total. The van der Waals surface area contributed by atoms with Gasteiger partial charge in [-0.15, -0.1) is 0 Å². The number of halogens is 1. The first-order valence-electron chi connectivity index (χ1n) is 4.69. The van der Waals surface area contributed by atoms with Crippen LogP contribution in [0.4, 0.5) is 5.69 Å². The number of aromatic carboxylic acids is 1. The van der Waals surface area contributed by atoms with Crippen molar-refractivity contribution in [3.63, 3.8) is 0 Å². The van der Waals surface area contributed by atoms with Crippen LogP contribution in [0.25, 0.3) is 0 Å². The summed E-state index contributed by atoms with van der Waals surface area (Å²) in [4.78, 5) is 22.2. The third kappa shape index (κ3) is 4.46. The molecule has 8 heteroatoms. The maximum absolute atomic E-state index is 11.3. The molecule has 98 valence electrons. The van der Waals surface area contributed by atoms with E-state index >= 15 is 0 Å². The van der Waals surface area contributed by atoms with Gasteiger partial charge in [0.1, 0.15) is 5.75 Å². The summed E-state index contributed by atoms with van der Waals surface area (Å²) >= 11 is 3.06. The van der Waals surface area contributed by atoms with E-state index in [9.17, 15) is 18.0 Å². The van der Waals surface area contributed by atoms with Gasteiger partial charge in [0.25, 0.3) is 0 Å². The van der Waals surface area contributed by atoms with Gasteiger partial charge in [0.2, 0.25) is 5.91 Å². The number of rotatable bonds is 4. The third-order valence-corrected chi connectivity index (χ3v) is 3.35. The zero-order valence-corrected chi connectivity index (χ0v) is 11.7. The Morgan fingerprint density at radius 3 is 2.50 bits per heavy atom. The SMILES string of the molecule is CS(=O)(=O)CC(=O)Nc1ccc(Br)c(C(=O)O)c1. The Labute approximate surface area is 112 Å². The normalized spacial score (nSPS) is 11.0. The minimum atomic E-state index is -3.42. The quantitative estimate of drug-likeness (QED) is 0.858. The van der Waals surface area contributed by atoms with Gasteiger partial charge in [-0.25, -0.2) is 13.2 Å². The summed E-state index contributed by atoms with van der Waals surface area (Å²) < 4.78 is 22.2. The van der Waals surface area contributed by atoms with Crippen molar-refractivity contribution in [2.45, 2.75) is 0 Å². The van der Waals surface area contributed by atoms with Crippen LogP contribution in [0.2, 0.25) is 0 Å². The van der Waals surface area contributed by atoms with Crippen molar-refractivity contribution in [1.29, 1.82) is 0 Å². The van der Waals surface area contributed by atoms with E-state index in [4.69, 9.17) is 5.11 Å². The summed E-state index contributed by atoms with van der Waals surface area (Å²) in [5, 5.41) is 11.2. The molecule has 0 bridgehead atoms. The van der Waals surface area contributed by atoms with Crippen LogP contribution in [0, 0.1) is 0 Å². The minimum absolute atomic E-state index is 0.0212. The Kier molecular flexibility index (Phi) is 4.47. The number of carbonyl (C=O) groups is 2. The molecule has 0 saturated heterocycles. The Balaban J connectivity index is 2.89. The lowest BCUT2D eigenvalue weighted by molar-refractivity contribution is -0.113. The van der Waals surface area contributed by atoms with E-state index in [2.05, 4.69) is 21.2 Å². The van der Waals surface area contributed by atoms with Crippen LogP contribution in [0.1, 0.15) is 10.4 Å². The van der Waals surface area contributed by atoms with E-state index in [-0.39, 0.29) is 11.3 Å². The number of sulfone groups is 1. The minimum Gasteiger partial charge on any atom is -0.478 e. The molecule has 0 aliphatic heterocycles. The van der Waals surface area contributed by atoms with Crippen LogP contribution in [-0.2, 0) is 14.6 Å². The zero-order valence-electron chi connectivity index (χ0n) is 9.31. The Bertz CT molecular complexity index is 596. The van der Waals surface area contributed by atoms with Gasteiger partial charge < -0.3 is 10.4 Å². The Morgan fingerprint density at radius 2 is 2.00 bits per heavy atom. The van der Waals surface area contributed by atoms with E-state index in [1.54, 1.807) is 0 Å². The highest BCUT2D eigenvalue weighted by molar-refractivity contribution is 9.10. The van der Waals surface area contributed by atoms with Crippen molar-refractivity contribution in [3.8, 4) is 0 Å². The molecule has 0 saturated carbocycles. The molecule has 0 aliphatic carbocycles. The number of hydrogen-bond donors (Lipinski definition) is 2. The molecular formula is C10H10BrNO5S. The number of nitrogens with one attached hydrogen (secondary N) is 1. The summed E-state index contributed by atoms with van der Waals surface area (Å²) in [5.41, 5.74) is 0.205. The van der Waals surface area contributed by atoms with Gasteiger partial charge in [0.15, 0.2) is 9.84 Å². The molecule has 0 spiro atoms. The van der Waals surface area contributed by atoms with Gasteiger partial charge in [-0.1, -0.05) is 0 Å². The number of benzene rings is 1. The fraction of sp³-hybridized carbons (Fsp3) is 0.200. The van der Waals surface area contributed by atoms with Crippen molar-refractivity contribution in [2.24, 2.45) is 0 Å². The highest BCUT2D eigenvalue weighted by atomic mass is 79.9. The molecule has 0 aliphatic rings. The number of carboxylic acid groups (broad SMARTS) is 1. The predicted octanol–water partition coefficient (Wildman–Crippen LogP) is 1.13. The van der Waals surface area contributed by atoms with Gasteiger partial charge in [0, 0.05) is 16.4 Å². The lowest BCUT2D eigenvalue weighted by Crippen LogP contribution is -2.22. The van der Waals surface area contributed by atoms with E-state index < -0.39 is 27.5 Å². The first-order chi connectivity index (χ1) is 8.19. The molecule has 1 rings (SSSR count). The molecule has 0 heterocycles. The number of anilines is 1. The second-order valence-corrected chi connectivity index (χ2v) is 6.61. The van der Waals surface area contributed by atoms with Crippen molar-refractivity contribution in [3.05, 3.63) is 28.2 Å². The van der Waals surface area contributed by atoms with Crippen LogP contribution >= 0.6 is 15.9 Å². The summed E-state index contributed by atoms with van der Waals surface area (Å²) in [6.45, 7) is 0. The van der Waals surface area contributed by atoms with Crippen LogP contribution in [0.15, 0.2) is 22.7 Å². The summed E-state index contributed by atoms with van der Waals surface area (Å²) in [6, 6.07) is 4.17. The maximum atomic E-state index is 11.3. The highest BCUT2D eigenvalue weighted by Gasteiger charge is 2.13. The molecule has 0 radical (unpaired) electrons. The molecule has 0 atom stereocenters. The second kappa shape index (κ2) is 5.49. The van der Waals surface area contributed by atoms with Gasteiger partial charge in [-0.3, -0.25) is 4.79 Å². The van der Waals surface area contributed by atoms with Gasteiger partial charge in [-0.2, -0.15) is 0 Å². The van der Waals surface area contributed by atoms with E-state index in [1.807, 2.05) is 0 Å². The molecular weight excluding hydrogens is 326 g/mol. The number of carbonyl (C=O) groups excluding carboxylic acids is 1. The standard InChI is InChI=1S/C10H10BrNO5S/c1-18(16,17)5-9(13)12-6-2-3-8(11)7(4-6)10(14)15/h2-4H,5H2,1H3,(H,12,13)(H,14,15). The molecule has 18 heavy (non-hydrogen) atoms. The number of carboxylic acids is 1. The largest absolute Gasteiger partial charge is 0.478 e. The summed E-state index contributed by atoms with van der Waals surface area (Å²) in [6.07, 6.45) is 0.941. The van der Waals surface area contributed by atoms with Crippen LogP contribution < -0.4 is 5.32 Å².